The molecule has 34 heavy (non-hydrogen) atoms. The first-order valence-electron chi connectivity index (χ1n) is 11.3. The number of benzene rings is 1. The fourth-order valence-corrected chi connectivity index (χ4v) is 3.27. The number of nitrogens with one attached hydrogen (secondary N) is 1. The monoisotopic (exact) mass is 491 g/mol. The molecule has 0 aromatic heterocycles. The largest absolute Gasteiger partial charge is 0.493 e. The molecule has 1 aliphatic carbocycles. The Morgan fingerprint density at radius 1 is 1.29 bits per heavy atom. The van der Waals surface area contributed by atoms with Gasteiger partial charge in [0.25, 0.3) is 0 Å². The van der Waals surface area contributed by atoms with Crippen molar-refractivity contribution in [2.24, 2.45) is 10.7 Å². The predicted molar refractivity (Wildman–Crippen MR) is 138 cm³/mol. The number of hydrogen-bond donors (Lipinski definition) is 2. The van der Waals surface area contributed by atoms with Crippen LogP contribution in [0.1, 0.15) is 57.1 Å². The molecule has 0 atom stereocenters. The Bertz CT molecular complexity index is 968. The van der Waals surface area contributed by atoms with Gasteiger partial charge in [0.15, 0.2) is 11.5 Å². The molecule has 2 rings (SSSR count). The van der Waals surface area contributed by atoms with E-state index in [1.54, 1.807) is 19.3 Å². The van der Waals surface area contributed by atoms with Crippen molar-refractivity contribution in [2.45, 2.75) is 52.9 Å². The molecule has 0 saturated carbocycles. The number of halogens is 2. The molecule has 0 bridgehead atoms. The lowest BCUT2D eigenvalue weighted by atomic mass is 10.1. The number of unbranched alkanes of at least 4 members (excludes halogenated alkanes) is 2. The predicted octanol–water partition coefficient (Wildman–Crippen LogP) is 6.20. The van der Waals surface area contributed by atoms with Gasteiger partial charge < -0.3 is 20.5 Å². The molecule has 0 radical (unpaired) electrons. The summed E-state index contributed by atoms with van der Waals surface area (Å²) in [6.07, 6.45) is 9.28. The van der Waals surface area contributed by atoms with Crippen LogP contribution >= 0.6 is 11.6 Å². The average Bonchev–Trinajstić information content (AvgIpc) is 2.97. The first-order chi connectivity index (χ1) is 16.3. The molecule has 1 aromatic rings. The second-order valence-electron chi connectivity index (χ2n) is 7.19. The van der Waals surface area contributed by atoms with Crippen LogP contribution in [0.2, 0.25) is 0 Å². The number of nitrogens with two attached hydrogens (primary N) is 1. The molecule has 0 spiro atoms. The van der Waals surface area contributed by atoms with E-state index in [4.69, 9.17) is 26.8 Å². The third-order valence-electron chi connectivity index (χ3n) is 4.71. The number of nitrogens with zero attached hydrogens (tertiary/aromatic N) is 1. The van der Waals surface area contributed by atoms with Gasteiger partial charge in [-0.2, -0.15) is 0 Å². The highest BCUT2D eigenvalue weighted by Gasteiger charge is 2.15. The van der Waals surface area contributed by atoms with E-state index in [0.29, 0.717) is 36.1 Å². The number of aryl methyl sites for hydroxylation is 1. The summed E-state index contributed by atoms with van der Waals surface area (Å²) in [6, 6.07) is 3.70. The van der Waals surface area contributed by atoms with Gasteiger partial charge >= 0.3 is 0 Å². The Hall–Kier alpha value is -3.06. The number of amides is 1. The van der Waals surface area contributed by atoms with E-state index in [2.05, 4.69) is 16.9 Å². The summed E-state index contributed by atoms with van der Waals surface area (Å²) in [5.74, 6) is 0.995. The lowest BCUT2D eigenvalue weighted by Crippen LogP contribution is -2.24. The molecule has 0 aliphatic heterocycles. The second kappa shape index (κ2) is 15.7. The fraction of sp³-hybridized carbons (Fsp3) is 0.385. The number of hydrogen-bond acceptors (Lipinski definition) is 4. The maximum absolute atomic E-state index is 13.8. The van der Waals surface area contributed by atoms with Crippen molar-refractivity contribution in [3.05, 3.63) is 70.8 Å². The van der Waals surface area contributed by atoms with Gasteiger partial charge in [0.05, 0.1) is 18.7 Å². The van der Waals surface area contributed by atoms with Crippen molar-refractivity contribution in [3.63, 3.8) is 0 Å². The standard InChI is InChI=1S/C24H29ClFN3O3.C2H6/c1-4-28-24(29-17-9-8-10-20(26)19(25)14-17)18-15-21(31-3)22(13-16(18)2)32-12-7-5-6-11-23(27)30;1-2/h4,8-9,13-15H,1,5-7,10-12H2,2-3H3,(H2,27,30)(H,28,29);1-2H3. The SMILES string of the molecule is C=CN=C(NC1=CC(Cl)=C(F)CC=C1)c1cc(OC)c(OCCCCCC(N)=O)cc1C.CC. The van der Waals surface area contributed by atoms with Crippen LogP contribution in [-0.4, -0.2) is 25.5 Å². The second-order valence-corrected chi connectivity index (χ2v) is 7.59. The molecule has 1 aliphatic rings. The molecule has 0 fully saturated rings. The van der Waals surface area contributed by atoms with Crippen LogP contribution in [-0.2, 0) is 4.79 Å². The zero-order chi connectivity index (χ0) is 25.5. The summed E-state index contributed by atoms with van der Waals surface area (Å²) in [7, 11) is 1.57. The van der Waals surface area contributed by atoms with Crippen LogP contribution in [0.5, 0.6) is 11.5 Å². The Morgan fingerprint density at radius 2 is 2.03 bits per heavy atom. The van der Waals surface area contributed by atoms with Crippen molar-refractivity contribution in [3.8, 4) is 11.5 Å². The summed E-state index contributed by atoms with van der Waals surface area (Å²) < 4.78 is 25.2. The van der Waals surface area contributed by atoms with Crippen LogP contribution in [0.3, 0.4) is 0 Å². The number of amidine groups is 1. The third kappa shape index (κ3) is 9.43. The molecule has 3 N–H and O–H groups in total. The molecule has 0 saturated heterocycles. The van der Waals surface area contributed by atoms with Crippen LogP contribution in [0.25, 0.3) is 0 Å². The maximum atomic E-state index is 13.8. The van der Waals surface area contributed by atoms with Gasteiger partial charge in [-0.3, -0.25) is 4.79 Å². The zero-order valence-electron chi connectivity index (χ0n) is 20.4. The quantitative estimate of drug-likeness (QED) is 0.219. The summed E-state index contributed by atoms with van der Waals surface area (Å²) in [4.78, 5) is 15.1. The van der Waals surface area contributed by atoms with Gasteiger partial charge in [0.1, 0.15) is 11.7 Å². The zero-order valence-corrected chi connectivity index (χ0v) is 21.2. The van der Waals surface area contributed by atoms with Gasteiger partial charge in [-0.25, -0.2) is 9.38 Å². The molecule has 8 heteroatoms. The summed E-state index contributed by atoms with van der Waals surface area (Å²) in [6.45, 7) is 10.1. The maximum Gasteiger partial charge on any atom is 0.217 e. The average molecular weight is 492 g/mol. The van der Waals surface area contributed by atoms with Crippen molar-refractivity contribution in [2.75, 3.05) is 13.7 Å². The number of allylic oxidation sites excluding steroid dienone is 5. The number of carbonyl (C=O) groups excluding carboxylic acids is 1. The molecular formula is C26H35ClFN3O3. The Kier molecular flexibility index (Phi) is 13.4. The molecule has 1 amide bonds. The minimum atomic E-state index is -0.393. The lowest BCUT2D eigenvalue weighted by Gasteiger charge is -2.17. The van der Waals surface area contributed by atoms with E-state index in [1.165, 1.54) is 12.3 Å². The van der Waals surface area contributed by atoms with Crippen molar-refractivity contribution < 1.29 is 18.7 Å². The van der Waals surface area contributed by atoms with Crippen LogP contribution in [0.4, 0.5) is 4.39 Å². The van der Waals surface area contributed by atoms with E-state index in [1.807, 2.05) is 32.9 Å². The molecule has 186 valence electrons. The number of aliphatic imine (C=N–C) groups is 1. The number of ether oxygens (including phenoxy) is 2. The van der Waals surface area contributed by atoms with Gasteiger partial charge in [-0.15, -0.1) is 0 Å². The smallest absolute Gasteiger partial charge is 0.217 e. The highest BCUT2D eigenvalue weighted by atomic mass is 35.5. The van der Waals surface area contributed by atoms with E-state index in [-0.39, 0.29) is 17.4 Å². The molecular weight excluding hydrogens is 457 g/mol. The number of rotatable bonds is 11. The van der Waals surface area contributed by atoms with Gasteiger partial charge in [0, 0.05) is 30.3 Å². The van der Waals surface area contributed by atoms with Gasteiger partial charge in [0.2, 0.25) is 5.91 Å². The number of primary amides is 1. The first-order valence-corrected chi connectivity index (χ1v) is 11.7. The summed E-state index contributed by atoms with van der Waals surface area (Å²) in [5.41, 5.74) is 7.42. The molecule has 0 heterocycles. The van der Waals surface area contributed by atoms with E-state index in [0.717, 1.165) is 30.4 Å². The Morgan fingerprint density at radius 3 is 2.68 bits per heavy atom. The van der Waals surface area contributed by atoms with E-state index in [9.17, 15) is 9.18 Å². The minimum absolute atomic E-state index is 0.0457. The highest BCUT2D eigenvalue weighted by Crippen LogP contribution is 2.31. The Balaban J connectivity index is 0.00000281. The lowest BCUT2D eigenvalue weighted by molar-refractivity contribution is -0.118. The van der Waals surface area contributed by atoms with Crippen molar-refractivity contribution in [1.82, 2.24) is 5.32 Å². The highest BCUT2D eigenvalue weighted by molar-refractivity contribution is 6.31. The fourth-order valence-electron chi connectivity index (χ4n) is 3.07. The third-order valence-corrected chi connectivity index (χ3v) is 5.02. The van der Waals surface area contributed by atoms with Gasteiger partial charge in [-0.1, -0.05) is 38.1 Å². The number of carbonyl (C=O) groups is 1. The van der Waals surface area contributed by atoms with E-state index < -0.39 is 5.83 Å². The number of methoxy groups -OCH3 is 1. The normalized spacial score (nSPS) is 13.4. The van der Waals surface area contributed by atoms with Gasteiger partial charge in [-0.05, 0) is 56.0 Å². The Labute approximate surface area is 207 Å². The van der Waals surface area contributed by atoms with Crippen LogP contribution in [0, 0.1) is 6.92 Å². The summed E-state index contributed by atoms with van der Waals surface area (Å²) >= 11 is 6.00. The first kappa shape index (κ1) is 29.0. The van der Waals surface area contributed by atoms with Crippen LogP contribution in [0.15, 0.2) is 64.7 Å². The minimum Gasteiger partial charge on any atom is -0.493 e. The summed E-state index contributed by atoms with van der Waals surface area (Å²) in [5, 5.41) is 3.23. The molecule has 0 unspecified atom stereocenters. The molecule has 1 aromatic carbocycles. The van der Waals surface area contributed by atoms with Crippen LogP contribution < -0.4 is 20.5 Å². The molecule has 6 nitrogen and oxygen atoms in total. The van der Waals surface area contributed by atoms with E-state index >= 15 is 0 Å². The topological polar surface area (TPSA) is 85.9 Å². The van der Waals surface area contributed by atoms with Crippen molar-refractivity contribution in [1.29, 1.82) is 0 Å². The van der Waals surface area contributed by atoms with Crippen molar-refractivity contribution >= 4 is 23.3 Å².